The molecule has 0 aliphatic heterocycles. The van der Waals surface area contributed by atoms with Crippen molar-refractivity contribution >= 4 is 5.91 Å². The Bertz CT molecular complexity index is 757. The summed E-state index contributed by atoms with van der Waals surface area (Å²) in [7, 11) is 4.01. The Morgan fingerprint density at radius 1 is 1.20 bits per heavy atom. The molecule has 4 nitrogen and oxygen atoms in total. The summed E-state index contributed by atoms with van der Waals surface area (Å²) in [6.45, 7) is 1.03. The lowest BCUT2D eigenvalue weighted by Gasteiger charge is -2.34. The topological polar surface area (TPSA) is 52.6 Å². The number of carbonyl (C=O) groups is 1. The lowest BCUT2D eigenvalue weighted by Crippen LogP contribution is -2.43. The van der Waals surface area contributed by atoms with Crippen molar-refractivity contribution in [2.75, 3.05) is 20.6 Å². The molecule has 1 atom stereocenters. The predicted octanol–water partition coefficient (Wildman–Crippen LogP) is 2.70. The maximum absolute atomic E-state index is 12.5. The molecule has 2 N–H and O–H groups in total. The van der Waals surface area contributed by atoms with Gasteiger partial charge in [-0.2, -0.15) is 0 Å². The molecule has 25 heavy (non-hydrogen) atoms. The van der Waals surface area contributed by atoms with Gasteiger partial charge < -0.3 is 15.3 Å². The molecule has 132 valence electrons. The van der Waals surface area contributed by atoms with E-state index in [-0.39, 0.29) is 12.5 Å². The first-order valence-corrected chi connectivity index (χ1v) is 8.80. The van der Waals surface area contributed by atoms with Gasteiger partial charge in [-0.1, -0.05) is 36.4 Å². The summed E-state index contributed by atoms with van der Waals surface area (Å²) in [6, 6.07) is 15.6. The van der Waals surface area contributed by atoms with Gasteiger partial charge in [-0.15, -0.1) is 0 Å². The minimum Gasteiger partial charge on any atom is -0.383 e. The Balaban J connectivity index is 1.71. The highest BCUT2D eigenvalue weighted by atomic mass is 16.3. The molecule has 0 saturated carbocycles. The largest absolute Gasteiger partial charge is 0.383 e. The summed E-state index contributed by atoms with van der Waals surface area (Å²) in [5.41, 5.74) is 2.87. The minimum absolute atomic E-state index is 0.142. The summed E-state index contributed by atoms with van der Waals surface area (Å²) >= 11 is 0. The van der Waals surface area contributed by atoms with Crippen LogP contribution in [0.25, 0.3) is 0 Å². The zero-order valence-electron chi connectivity index (χ0n) is 15.0. The molecule has 0 heterocycles. The zero-order chi connectivity index (χ0) is 17.9. The molecule has 0 radical (unpaired) electrons. The van der Waals surface area contributed by atoms with Gasteiger partial charge in [0, 0.05) is 12.1 Å². The maximum atomic E-state index is 12.5. The van der Waals surface area contributed by atoms with E-state index in [0.717, 1.165) is 30.5 Å². The number of carbonyl (C=O) groups excluding carboxylic acids is 1. The van der Waals surface area contributed by atoms with Gasteiger partial charge in [0.1, 0.15) is 5.60 Å². The average Bonchev–Trinajstić information content (AvgIpc) is 2.60. The van der Waals surface area contributed by atoms with Crippen LogP contribution in [0.1, 0.15) is 39.9 Å². The van der Waals surface area contributed by atoms with E-state index in [1.807, 2.05) is 56.6 Å². The van der Waals surface area contributed by atoms with Crippen molar-refractivity contribution in [3.8, 4) is 0 Å². The number of fused-ring (bicyclic) bond motifs is 1. The highest BCUT2D eigenvalue weighted by molar-refractivity contribution is 5.94. The number of nitrogens with one attached hydrogen (secondary N) is 1. The second kappa shape index (κ2) is 7.38. The monoisotopic (exact) mass is 338 g/mol. The summed E-state index contributed by atoms with van der Waals surface area (Å²) in [6.07, 6.45) is 2.59. The molecule has 0 spiro atoms. The van der Waals surface area contributed by atoms with Gasteiger partial charge in [0.05, 0.1) is 6.54 Å². The first-order valence-electron chi connectivity index (χ1n) is 8.80. The molecule has 1 amide bonds. The molecule has 1 aliphatic rings. The van der Waals surface area contributed by atoms with E-state index < -0.39 is 5.60 Å². The van der Waals surface area contributed by atoms with Crippen LogP contribution in [-0.4, -0.2) is 36.6 Å². The number of aliphatic hydroxyl groups is 1. The van der Waals surface area contributed by atoms with Crippen LogP contribution in [0.3, 0.4) is 0 Å². The van der Waals surface area contributed by atoms with Gasteiger partial charge in [-0.05, 0) is 62.2 Å². The fraction of sp³-hybridized carbons (Fsp3) is 0.381. The van der Waals surface area contributed by atoms with Crippen LogP contribution in [0.5, 0.6) is 0 Å². The fourth-order valence-corrected chi connectivity index (χ4v) is 3.59. The molecule has 2 aromatic rings. The van der Waals surface area contributed by atoms with Crippen molar-refractivity contribution in [3.63, 3.8) is 0 Å². The fourth-order valence-electron chi connectivity index (χ4n) is 3.59. The summed E-state index contributed by atoms with van der Waals surface area (Å²) < 4.78 is 0. The molecule has 4 heteroatoms. The first-order chi connectivity index (χ1) is 12.0. The number of nitrogens with zero attached hydrogens (tertiary/aromatic N) is 1. The molecule has 0 fully saturated rings. The third-order valence-electron chi connectivity index (χ3n) is 4.78. The number of aryl methyl sites for hydroxylation is 1. The Morgan fingerprint density at radius 2 is 2.00 bits per heavy atom. The van der Waals surface area contributed by atoms with Crippen molar-refractivity contribution in [2.45, 2.75) is 31.4 Å². The van der Waals surface area contributed by atoms with Crippen molar-refractivity contribution in [2.24, 2.45) is 0 Å². The van der Waals surface area contributed by atoms with E-state index in [2.05, 4.69) is 16.3 Å². The normalized spacial score (nSPS) is 19.5. The van der Waals surface area contributed by atoms with Crippen LogP contribution in [0.4, 0.5) is 0 Å². The van der Waals surface area contributed by atoms with E-state index in [4.69, 9.17) is 0 Å². The van der Waals surface area contributed by atoms with E-state index in [1.165, 1.54) is 5.56 Å². The van der Waals surface area contributed by atoms with E-state index in [0.29, 0.717) is 12.0 Å². The molecule has 0 bridgehead atoms. The Morgan fingerprint density at radius 3 is 2.80 bits per heavy atom. The molecule has 3 rings (SSSR count). The van der Waals surface area contributed by atoms with Crippen molar-refractivity contribution in [3.05, 3.63) is 70.8 Å². The second-order valence-corrected chi connectivity index (χ2v) is 7.16. The zero-order valence-corrected chi connectivity index (χ0v) is 15.0. The lowest BCUT2D eigenvalue weighted by molar-refractivity contribution is 0.0189. The maximum Gasteiger partial charge on any atom is 0.251 e. The number of amides is 1. The average molecular weight is 338 g/mol. The smallest absolute Gasteiger partial charge is 0.251 e. The van der Waals surface area contributed by atoms with Crippen LogP contribution in [0.2, 0.25) is 0 Å². The molecule has 2 aromatic carbocycles. The summed E-state index contributed by atoms with van der Waals surface area (Å²) in [5.74, 6) is -0.142. The number of rotatable bonds is 5. The summed E-state index contributed by atoms with van der Waals surface area (Å²) in [5, 5.41) is 14.0. The van der Waals surface area contributed by atoms with Crippen LogP contribution >= 0.6 is 0 Å². The standard InChI is InChI=1S/C21H26N2O2/c1-23(2)14-16-7-5-9-18(13-16)20(24)22-15-21(25)12-6-10-17-8-3-4-11-19(17)21/h3-5,7-9,11,13,25H,6,10,12,14-15H2,1-2H3,(H,22,24). The van der Waals surface area contributed by atoms with Gasteiger partial charge in [0.15, 0.2) is 0 Å². The van der Waals surface area contributed by atoms with Gasteiger partial charge in [-0.3, -0.25) is 4.79 Å². The third kappa shape index (κ3) is 4.09. The van der Waals surface area contributed by atoms with Crippen LogP contribution in [0, 0.1) is 0 Å². The number of benzene rings is 2. The molecule has 0 aromatic heterocycles. The molecule has 1 aliphatic carbocycles. The first kappa shape index (κ1) is 17.6. The second-order valence-electron chi connectivity index (χ2n) is 7.16. The third-order valence-corrected chi connectivity index (χ3v) is 4.78. The van der Waals surface area contributed by atoms with Crippen LogP contribution in [0.15, 0.2) is 48.5 Å². The quantitative estimate of drug-likeness (QED) is 0.881. The van der Waals surface area contributed by atoms with Crippen molar-refractivity contribution in [1.82, 2.24) is 10.2 Å². The Hall–Kier alpha value is -2.17. The van der Waals surface area contributed by atoms with Crippen molar-refractivity contribution < 1.29 is 9.90 Å². The Kier molecular flexibility index (Phi) is 5.21. The van der Waals surface area contributed by atoms with E-state index in [9.17, 15) is 9.90 Å². The van der Waals surface area contributed by atoms with Gasteiger partial charge in [0.25, 0.3) is 5.91 Å². The highest BCUT2D eigenvalue weighted by Crippen LogP contribution is 2.34. The SMILES string of the molecule is CN(C)Cc1cccc(C(=O)NCC2(O)CCCc3ccccc32)c1. The van der Waals surface area contributed by atoms with Crippen LogP contribution < -0.4 is 5.32 Å². The van der Waals surface area contributed by atoms with Gasteiger partial charge in [0.2, 0.25) is 0 Å². The number of hydrogen-bond donors (Lipinski definition) is 2. The molecule has 0 saturated heterocycles. The molecule has 1 unspecified atom stereocenters. The Labute approximate surface area is 149 Å². The highest BCUT2D eigenvalue weighted by Gasteiger charge is 2.34. The van der Waals surface area contributed by atoms with E-state index in [1.54, 1.807) is 0 Å². The van der Waals surface area contributed by atoms with E-state index >= 15 is 0 Å². The lowest BCUT2D eigenvalue weighted by atomic mass is 9.79. The van der Waals surface area contributed by atoms with Gasteiger partial charge in [-0.25, -0.2) is 0 Å². The van der Waals surface area contributed by atoms with Crippen molar-refractivity contribution in [1.29, 1.82) is 0 Å². The summed E-state index contributed by atoms with van der Waals surface area (Å²) in [4.78, 5) is 14.6. The minimum atomic E-state index is -0.980. The predicted molar refractivity (Wildman–Crippen MR) is 99.4 cm³/mol. The molecular weight excluding hydrogens is 312 g/mol. The molecular formula is C21H26N2O2. The van der Waals surface area contributed by atoms with Crippen LogP contribution in [-0.2, 0) is 18.6 Å². The van der Waals surface area contributed by atoms with Gasteiger partial charge >= 0.3 is 0 Å². The number of hydrogen-bond acceptors (Lipinski definition) is 3.